The van der Waals surface area contributed by atoms with E-state index in [-0.39, 0.29) is 12.2 Å². The van der Waals surface area contributed by atoms with Gasteiger partial charge < -0.3 is 4.74 Å². The van der Waals surface area contributed by atoms with E-state index < -0.39 is 65.9 Å². The Labute approximate surface area is 142 Å². The van der Waals surface area contributed by atoms with Crippen molar-refractivity contribution in [3.63, 3.8) is 0 Å². The number of nitrogens with two attached hydrogens (primary N) is 1. The van der Waals surface area contributed by atoms with E-state index in [0.717, 1.165) is 0 Å². The number of hydrogen-bond donors (Lipinski definition) is 1. The van der Waals surface area contributed by atoms with Crippen molar-refractivity contribution in [3.05, 3.63) is 0 Å². The number of alkyl halides is 6. The average molecular weight is 438 g/mol. The fraction of sp³-hybridized carbons (Fsp3) is 0.889. The minimum Gasteiger partial charge on any atom is -0.444 e. The molecule has 0 spiro atoms. The Morgan fingerprint density at radius 1 is 1.12 bits per heavy atom. The van der Waals surface area contributed by atoms with E-state index in [0.29, 0.717) is 0 Å². The van der Waals surface area contributed by atoms with Crippen molar-refractivity contribution in [1.29, 1.82) is 0 Å². The Morgan fingerprint density at radius 2 is 1.58 bits per heavy atom. The average Bonchev–Trinajstić information content (AvgIpc) is 2.79. The van der Waals surface area contributed by atoms with Crippen LogP contribution in [0.5, 0.6) is 0 Å². The fourth-order valence-corrected chi connectivity index (χ4v) is 4.40. The summed E-state index contributed by atoms with van der Waals surface area (Å²) < 4.78 is 119. The molecular formula is C9H13F6N2O7PS. The SMILES string of the molecule is NN(C(=O)OC1CCS(=O)(=O)C1)P(=O)(OCC(F)(F)F)OCC(F)(F)F. The molecule has 0 radical (unpaired) electrons. The molecule has 0 aromatic rings. The molecule has 1 atom stereocenters. The zero-order valence-corrected chi connectivity index (χ0v) is 14.3. The summed E-state index contributed by atoms with van der Waals surface area (Å²) in [7, 11) is -9.13. The van der Waals surface area contributed by atoms with Gasteiger partial charge in [-0.1, -0.05) is 0 Å². The van der Waals surface area contributed by atoms with Crippen LogP contribution in [-0.2, 0) is 28.2 Å². The summed E-state index contributed by atoms with van der Waals surface area (Å²) >= 11 is 0. The summed E-state index contributed by atoms with van der Waals surface area (Å²) in [5.74, 6) is 3.97. The molecule has 0 aromatic carbocycles. The second-order valence-electron chi connectivity index (χ2n) is 5.00. The van der Waals surface area contributed by atoms with E-state index in [4.69, 9.17) is 5.84 Å². The van der Waals surface area contributed by atoms with Crippen LogP contribution in [0, 0.1) is 0 Å². The summed E-state index contributed by atoms with van der Waals surface area (Å²) in [6, 6.07) is 0. The number of amides is 1. The fourth-order valence-electron chi connectivity index (χ4n) is 1.62. The van der Waals surface area contributed by atoms with Crippen LogP contribution < -0.4 is 5.84 Å². The molecular weight excluding hydrogens is 425 g/mol. The van der Waals surface area contributed by atoms with Crippen LogP contribution >= 0.6 is 7.75 Å². The maximum absolute atomic E-state index is 12.2. The lowest BCUT2D eigenvalue weighted by atomic mass is 10.3. The summed E-state index contributed by atoms with van der Waals surface area (Å²) in [5.41, 5.74) is 0. The molecule has 1 fully saturated rings. The summed E-state index contributed by atoms with van der Waals surface area (Å²) in [6.45, 7) is -4.66. The van der Waals surface area contributed by atoms with Crippen LogP contribution in [0.15, 0.2) is 0 Å². The van der Waals surface area contributed by atoms with Gasteiger partial charge in [-0.05, 0) is 6.42 Å². The van der Waals surface area contributed by atoms with E-state index in [1.807, 2.05) is 0 Å². The Morgan fingerprint density at radius 3 is 1.92 bits per heavy atom. The van der Waals surface area contributed by atoms with Gasteiger partial charge in [0.05, 0.1) is 11.5 Å². The van der Waals surface area contributed by atoms with Crippen LogP contribution in [0.1, 0.15) is 6.42 Å². The number of nitrogens with zero attached hydrogens (tertiary/aromatic N) is 1. The molecule has 1 unspecified atom stereocenters. The predicted octanol–water partition coefficient (Wildman–Crippen LogP) is 1.75. The van der Waals surface area contributed by atoms with Crippen molar-refractivity contribution in [2.45, 2.75) is 24.9 Å². The maximum Gasteiger partial charge on any atom is 0.455 e. The van der Waals surface area contributed by atoms with Gasteiger partial charge in [-0.15, -0.1) is 4.78 Å². The van der Waals surface area contributed by atoms with Crippen LogP contribution in [0.2, 0.25) is 0 Å². The molecule has 1 rings (SSSR count). The molecule has 154 valence electrons. The second-order valence-corrected chi connectivity index (χ2v) is 9.11. The number of rotatable bonds is 6. The van der Waals surface area contributed by atoms with E-state index in [1.54, 1.807) is 0 Å². The smallest absolute Gasteiger partial charge is 0.444 e. The molecule has 0 bridgehead atoms. The number of ether oxygens (including phenoxy) is 1. The molecule has 1 aliphatic heterocycles. The molecule has 0 aromatic heterocycles. The number of carbonyl (C=O) groups is 1. The van der Waals surface area contributed by atoms with Crippen molar-refractivity contribution in [2.75, 3.05) is 24.7 Å². The van der Waals surface area contributed by atoms with Gasteiger partial charge in [0.2, 0.25) is 0 Å². The number of sulfone groups is 1. The second kappa shape index (κ2) is 7.88. The third-order valence-electron chi connectivity index (χ3n) is 2.69. The summed E-state index contributed by atoms with van der Waals surface area (Å²) in [5, 5.41) is 0. The van der Waals surface area contributed by atoms with Gasteiger partial charge in [0.1, 0.15) is 6.10 Å². The first-order valence-corrected chi connectivity index (χ1v) is 9.84. The number of halogens is 6. The van der Waals surface area contributed by atoms with Crippen molar-refractivity contribution in [2.24, 2.45) is 5.84 Å². The van der Waals surface area contributed by atoms with Crippen LogP contribution in [0.25, 0.3) is 0 Å². The summed E-state index contributed by atoms with van der Waals surface area (Å²) in [6.07, 6.45) is -13.6. The van der Waals surface area contributed by atoms with E-state index in [2.05, 4.69) is 13.8 Å². The van der Waals surface area contributed by atoms with Gasteiger partial charge >= 0.3 is 26.2 Å². The van der Waals surface area contributed by atoms with Gasteiger partial charge in [-0.2, -0.15) is 26.3 Å². The van der Waals surface area contributed by atoms with Gasteiger partial charge in [0.25, 0.3) is 0 Å². The zero-order chi connectivity index (χ0) is 20.4. The van der Waals surface area contributed by atoms with Gasteiger partial charge in [0.15, 0.2) is 23.1 Å². The highest BCUT2D eigenvalue weighted by atomic mass is 32.2. The molecule has 1 amide bonds. The minimum absolute atomic E-state index is 0.182. The highest BCUT2D eigenvalue weighted by Gasteiger charge is 2.45. The highest BCUT2D eigenvalue weighted by molar-refractivity contribution is 7.91. The van der Waals surface area contributed by atoms with Crippen LogP contribution in [0.3, 0.4) is 0 Å². The maximum atomic E-state index is 12.2. The molecule has 0 saturated carbocycles. The lowest BCUT2D eigenvalue weighted by Crippen LogP contribution is -2.40. The first kappa shape index (κ1) is 23.0. The molecule has 1 saturated heterocycles. The molecule has 17 heteroatoms. The Kier molecular flexibility index (Phi) is 6.95. The van der Waals surface area contributed by atoms with Gasteiger partial charge in [0, 0.05) is 0 Å². The predicted molar refractivity (Wildman–Crippen MR) is 71.2 cm³/mol. The normalized spacial score (nSPS) is 20.8. The topological polar surface area (TPSA) is 125 Å². The quantitative estimate of drug-likeness (QED) is 0.219. The van der Waals surface area contributed by atoms with Gasteiger partial charge in [-0.3, -0.25) is 9.05 Å². The van der Waals surface area contributed by atoms with Crippen LogP contribution in [0.4, 0.5) is 31.1 Å². The lowest BCUT2D eigenvalue weighted by Gasteiger charge is -2.27. The lowest BCUT2D eigenvalue weighted by molar-refractivity contribution is -0.167. The largest absolute Gasteiger partial charge is 0.455 e. The molecule has 1 aliphatic rings. The van der Waals surface area contributed by atoms with Gasteiger partial charge in [-0.25, -0.2) is 23.6 Å². The number of carbonyl (C=O) groups excluding carboxylic acids is 1. The monoisotopic (exact) mass is 438 g/mol. The molecule has 2 N–H and O–H groups in total. The summed E-state index contributed by atoms with van der Waals surface area (Å²) in [4.78, 5) is 11.7. The molecule has 9 nitrogen and oxygen atoms in total. The van der Waals surface area contributed by atoms with Crippen molar-refractivity contribution >= 4 is 23.7 Å². The third-order valence-corrected chi connectivity index (χ3v) is 6.03. The Hall–Kier alpha value is -1.09. The zero-order valence-electron chi connectivity index (χ0n) is 12.6. The molecule has 0 aliphatic carbocycles. The standard InChI is InChI=1S/C9H13F6N2O7PS/c10-8(11,12)4-22-25(19,23-5-9(13,14)15)17(16)7(18)24-6-1-2-26(20,21)3-6/h6H,1-5,16H2. The highest BCUT2D eigenvalue weighted by Crippen LogP contribution is 2.52. The van der Waals surface area contributed by atoms with Crippen molar-refractivity contribution in [1.82, 2.24) is 4.78 Å². The van der Waals surface area contributed by atoms with Crippen LogP contribution in [-0.4, -0.2) is 62.5 Å². The first-order valence-electron chi connectivity index (χ1n) is 6.52. The first-order chi connectivity index (χ1) is 11.5. The van der Waals surface area contributed by atoms with Crippen molar-refractivity contribution in [3.8, 4) is 0 Å². The number of hydrazine groups is 1. The third kappa shape index (κ3) is 7.65. The molecule has 26 heavy (non-hydrogen) atoms. The van der Waals surface area contributed by atoms with E-state index in [1.165, 1.54) is 0 Å². The van der Waals surface area contributed by atoms with E-state index >= 15 is 0 Å². The minimum atomic E-state index is -5.60. The Balaban J connectivity index is 2.86. The van der Waals surface area contributed by atoms with E-state index in [9.17, 15) is 44.1 Å². The molecule has 1 heterocycles. The van der Waals surface area contributed by atoms with Crippen molar-refractivity contribution < 1.29 is 57.9 Å². The number of hydrogen-bond acceptors (Lipinski definition) is 8. The Bertz CT molecular complexity index is 644.